The van der Waals surface area contributed by atoms with Crippen molar-refractivity contribution in [2.24, 2.45) is 0 Å². The Bertz CT molecular complexity index is 366. The van der Waals surface area contributed by atoms with Gasteiger partial charge in [-0.2, -0.15) is 0 Å². The van der Waals surface area contributed by atoms with Crippen LogP contribution in [0.1, 0.15) is 20.4 Å². The molecule has 0 unspecified atom stereocenters. The molecule has 0 bridgehead atoms. The molecule has 0 aliphatic rings. The summed E-state index contributed by atoms with van der Waals surface area (Å²) in [6.07, 6.45) is 3.28. The van der Waals surface area contributed by atoms with Crippen LogP contribution in [0.2, 0.25) is 0 Å². The van der Waals surface area contributed by atoms with Gasteiger partial charge in [-0.1, -0.05) is 0 Å². The molecule has 0 saturated carbocycles. The molecular formula is C10H14N2OS. The van der Waals surface area contributed by atoms with Crippen molar-refractivity contribution in [2.45, 2.75) is 13.8 Å². The maximum absolute atomic E-state index is 11.6. The third-order valence-corrected chi connectivity index (χ3v) is 2.55. The number of hydrogen-bond acceptors (Lipinski definition) is 4. The highest BCUT2D eigenvalue weighted by Crippen LogP contribution is 2.16. The number of allylic oxidation sites excluding steroid dienone is 1. The van der Waals surface area contributed by atoms with Gasteiger partial charge in [-0.05, 0) is 13.8 Å². The van der Waals surface area contributed by atoms with Crippen molar-refractivity contribution in [1.82, 2.24) is 9.88 Å². The van der Waals surface area contributed by atoms with Gasteiger partial charge < -0.3 is 4.90 Å². The van der Waals surface area contributed by atoms with Crippen LogP contribution in [0, 0.1) is 13.8 Å². The molecule has 1 heterocycles. The molecule has 0 aliphatic heterocycles. The molecular weight excluding hydrogens is 196 g/mol. The predicted molar refractivity (Wildman–Crippen MR) is 58.7 cm³/mol. The smallest absolute Gasteiger partial charge is 0.206 e. The minimum Gasteiger partial charge on any atom is -0.383 e. The molecule has 1 rings (SSSR count). The highest BCUT2D eigenvalue weighted by Gasteiger charge is 2.10. The number of aromatic nitrogens is 1. The SMILES string of the molecule is Cc1nc(C(=O)C=CN(C)C)c(C)s1. The zero-order chi connectivity index (χ0) is 10.7. The van der Waals surface area contributed by atoms with Crippen LogP contribution in [-0.4, -0.2) is 29.8 Å². The fourth-order valence-electron chi connectivity index (χ4n) is 1.05. The van der Waals surface area contributed by atoms with Gasteiger partial charge in [0.2, 0.25) is 5.78 Å². The maximum Gasteiger partial charge on any atom is 0.206 e. The summed E-state index contributed by atoms with van der Waals surface area (Å²) in [5.41, 5.74) is 0.575. The fraction of sp³-hybridized carbons (Fsp3) is 0.400. The Labute approximate surface area is 88.1 Å². The monoisotopic (exact) mass is 210 g/mol. The van der Waals surface area contributed by atoms with Crippen LogP contribution in [0.3, 0.4) is 0 Å². The average molecular weight is 210 g/mol. The van der Waals surface area contributed by atoms with Crippen LogP contribution >= 0.6 is 11.3 Å². The van der Waals surface area contributed by atoms with Gasteiger partial charge in [0.15, 0.2) is 0 Å². The quantitative estimate of drug-likeness (QED) is 0.565. The van der Waals surface area contributed by atoms with Crippen molar-refractivity contribution in [3.8, 4) is 0 Å². The summed E-state index contributed by atoms with van der Waals surface area (Å²) in [7, 11) is 3.76. The molecule has 0 saturated heterocycles. The standard InChI is InChI=1S/C10H14N2OS/c1-7-10(11-8(2)14-7)9(13)5-6-12(3)4/h5-6H,1-4H3. The predicted octanol–water partition coefficient (Wildman–Crippen LogP) is 2.02. The first-order valence-corrected chi connectivity index (χ1v) is 5.15. The van der Waals surface area contributed by atoms with Crippen LogP contribution in [0.5, 0.6) is 0 Å². The number of hydrogen-bond donors (Lipinski definition) is 0. The second kappa shape index (κ2) is 4.37. The normalized spacial score (nSPS) is 10.9. The van der Waals surface area contributed by atoms with Gasteiger partial charge in [-0.25, -0.2) is 4.98 Å². The van der Waals surface area contributed by atoms with Gasteiger partial charge in [0, 0.05) is 31.2 Å². The topological polar surface area (TPSA) is 33.2 Å². The first-order valence-electron chi connectivity index (χ1n) is 4.33. The van der Waals surface area contributed by atoms with Crippen molar-refractivity contribution in [3.63, 3.8) is 0 Å². The van der Waals surface area contributed by atoms with E-state index in [4.69, 9.17) is 0 Å². The highest BCUT2D eigenvalue weighted by atomic mass is 32.1. The van der Waals surface area contributed by atoms with E-state index >= 15 is 0 Å². The minimum atomic E-state index is -0.0273. The van der Waals surface area contributed by atoms with Gasteiger partial charge in [-0.3, -0.25) is 4.79 Å². The Morgan fingerprint density at radius 1 is 1.43 bits per heavy atom. The third-order valence-electron chi connectivity index (χ3n) is 1.66. The minimum absolute atomic E-state index is 0.0273. The average Bonchev–Trinajstić information content (AvgIpc) is 2.41. The largest absolute Gasteiger partial charge is 0.383 e. The Kier molecular flexibility index (Phi) is 3.41. The van der Waals surface area contributed by atoms with Crippen molar-refractivity contribution in [1.29, 1.82) is 0 Å². The van der Waals surface area contributed by atoms with Crippen LogP contribution in [0.15, 0.2) is 12.3 Å². The number of thiazole rings is 1. The number of carbonyl (C=O) groups excluding carboxylic acids is 1. The Balaban J connectivity index is 2.85. The van der Waals surface area contributed by atoms with E-state index in [0.717, 1.165) is 9.88 Å². The molecule has 76 valence electrons. The molecule has 1 aromatic heterocycles. The molecule has 1 aromatic rings. The number of aryl methyl sites for hydroxylation is 2. The zero-order valence-electron chi connectivity index (χ0n) is 8.87. The van der Waals surface area contributed by atoms with E-state index in [-0.39, 0.29) is 5.78 Å². The molecule has 0 amide bonds. The summed E-state index contributed by atoms with van der Waals surface area (Å²) in [6, 6.07) is 0. The number of carbonyl (C=O) groups is 1. The van der Waals surface area contributed by atoms with Gasteiger partial charge in [0.05, 0.1) is 5.01 Å². The first kappa shape index (κ1) is 10.9. The van der Waals surface area contributed by atoms with E-state index < -0.39 is 0 Å². The van der Waals surface area contributed by atoms with Gasteiger partial charge >= 0.3 is 0 Å². The van der Waals surface area contributed by atoms with Crippen molar-refractivity contribution in [2.75, 3.05) is 14.1 Å². The van der Waals surface area contributed by atoms with Crippen molar-refractivity contribution in [3.05, 3.63) is 27.9 Å². The van der Waals surface area contributed by atoms with E-state index in [1.165, 1.54) is 0 Å². The lowest BCUT2D eigenvalue weighted by Crippen LogP contribution is -2.04. The number of nitrogens with zero attached hydrogens (tertiary/aromatic N) is 2. The summed E-state index contributed by atoms with van der Waals surface area (Å²) in [6.45, 7) is 3.82. The van der Waals surface area contributed by atoms with Crippen LogP contribution in [0.4, 0.5) is 0 Å². The lowest BCUT2D eigenvalue weighted by atomic mass is 10.2. The number of rotatable bonds is 3. The molecule has 0 spiro atoms. The summed E-state index contributed by atoms with van der Waals surface area (Å²) in [5, 5.41) is 0.934. The summed E-state index contributed by atoms with van der Waals surface area (Å²) in [4.78, 5) is 18.6. The number of ketones is 1. The third kappa shape index (κ3) is 2.67. The summed E-state index contributed by atoms with van der Waals surface area (Å²) >= 11 is 1.55. The second-order valence-electron chi connectivity index (χ2n) is 3.28. The van der Waals surface area contributed by atoms with Gasteiger partial charge in [0.1, 0.15) is 5.69 Å². The van der Waals surface area contributed by atoms with Crippen LogP contribution < -0.4 is 0 Å². The van der Waals surface area contributed by atoms with E-state index in [1.54, 1.807) is 23.6 Å². The molecule has 0 aromatic carbocycles. The highest BCUT2D eigenvalue weighted by molar-refractivity contribution is 7.11. The molecule has 4 heteroatoms. The van der Waals surface area contributed by atoms with E-state index in [0.29, 0.717) is 5.69 Å². The van der Waals surface area contributed by atoms with E-state index in [1.807, 2.05) is 32.8 Å². The molecule has 0 aliphatic carbocycles. The zero-order valence-corrected chi connectivity index (χ0v) is 9.68. The van der Waals surface area contributed by atoms with Crippen molar-refractivity contribution < 1.29 is 4.79 Å². The Morgan fingerprint density at radius 2 is 2.07 bits per heavy atom. The second-order valence-corrected chi connectivity index (χ2v) is 4.69. The van der Waals surface area contributed by atoms with Crippen LogP contribution in [0.25, 0.3) is 0 Å². The summed E-state index contributed by atoms with van der Waals surface area (Å²) < 4.78 is 0. The van der Waals surface area contributed by atoms with Crippen LogP contribution in [-0.2, 0) is 0 Å². The Morgan fingerprint density at radius 3 is 2.50 bits per heavy atom. The fourth-order valence-corrected chi connectivity index (χ4v) is 1.88. The maximum atomic E-state index is 11.6. The molecule has 0 atom stereocenters. The lowest BCUT2D eigenvalue weighted by Gasteiger charge is -2.01. The summed E-state index contributed by atoms with van der Waals surface area (Å²) in [5.74, 6) is -0.0273. The van der Waals surface area contributed by atoms with Gasteiger partial charge in [-0.15, -0.1) is 11.3 Å². The first-order chi connectivity index (χ1) is 6.50. The molecule has 0 fully saturated rings. The van der Waals surface area contributed by atoms with E-state index in [9.17, 15) is 4.79 Å². The van der Waals surface area contributed by atoms with E-state index in [2.05, 4.69) is 4.98 Å². The molecule has 0 radical (unpaired) electrons. The molecule has 0 N–H and O–H groups in total. The lowest BCUT2D eigenvalue weighted by molar-refractivity contribution is 0.104. The molecule has 14 heavy (non-hydrogen) atoms. The molecule has 3 nitrogen and oxygen atoms in total. The Hall–Kier alpha value is -1.16. The van der Waals surface area contributed by atoms with Crippen molar-refractivity contribution >= 4 is 17.1 Å². The van der Waals surface area contributed by atoms with Gasteiger partial charge in [0.25, 0.3) is 0 Å².